The molecule has 4 heteroatoms. The lowest BCUT2D eigenvalue weighted by atomic mass is 10.1. The molecule has 0 aliphatic heterocycles. The Labute approximate surface area is 107 Å². The van der Waals surface area contributed by atoms with Crippen molar-refractivity contribution in [3.8, 4) is 0 Å². The average Bonchev–Trinajstić information content (AvgIpc) is 2.43. The molecule has 1 atom stereocenters. The van der Waals surface area contributed by atoms with Crippen molar-refractivity contribution in [2.45, 2.75) is 19.9 Å². The zero-order valence-electron chi connectivity index (χ0n) is 10.9. The smallest absolute Gasteiger partial charge is 0.0890 e. The van der Waals surface area contributed by atoms with Gasteiger partial charge in [0.1, 0.15) is 0 Å². The Hall–Kier alpha value is -1.52. The lowest BCUT2D eigenvalue weighted by Crippen LogP contribution is -2.25. The zero-order chi connectivity index (χ0) is 12.8. The minimum atomic E-state index is 0.210. The Bertz CT molecular complexity index is 501. The van der Waals surface area contributed by atoms with Gasteiger partial charge in [0, 0.05) is 19.0 Å². The lowest BCUT2D eigenvalue weighted by molar-refractivity contribution is 0.123. The third kappa shape index (κ3) is 3.03. The van der Waals surface area contributed by atoms with Crippen molar-refractivity contribution in [3.63, 3.8) is 0 Å². The fourth-order valence-corrected chi connectivity index (χ4v) is 1.95. The summed E-state index contributed by atoms with van der Waals surface area (Å²) in [6, 6.07) is 6.38. The van der Waals surface area contributed by atoms with Crippen molar-refractivity contribution in [1.82, 2.24) is 15.3 Å². The molecule has 18 heavy (non-hydrogen) atoms. The van der Waals surface area contributed by atoms with Crippen LogP contribution in [0, 0.1) is 0 Å². The van der Waals surface area contributed by atoms with Crippen molar-refractivity contribution < 1.29 is 4.74 Å². The summed E-state index contributed by atoms with van der Waals surface area (Å²) >= 11 is 0. The van der Waals surface area contributed by atoms with Gasteiger partial charge in [-0.1, -0.05) is 13.0 Å². The fourth-order valence-electron chi connectivity index (χ4n) is 1.95. The van der Waals surface area contributed by atoms with E-state index in [-0.39, 0.29) is 6.04 Å². The molecule has 2 rings (SSSR count). The second kappa shape index (κ2) is 6.42. The molecule has 1 heterocycles. The highest BCUT2D eigenvalue weighted by Crippen LogP contribution is 2.18. The Morgan fingerprint density at radius 2 is 1.94 bits per heavy atom. The quantitative estimate of drug-likeness (QED) is 0.848. The van der Waals surface area contributed by atoms with Gasteiger partial charge in [-0.25, -0.2) is 0 Å². The molecule has 1 N–H and O–H groups in total. The van der Waals surface area contributed by atoms with Crippen LogP contribution in [0.3, 0.4) is 0 Å². The first-order valence-corrected chi connectivity index (χ1v) is 6.37. The molecule has 1 aromatic carbocycles. The fraction of sp³-hybridized carbons (Fsp3) is 0.429. The molecule has 0 saturated heterocycles. The molecule has 0 amide bonds. The van der Waals surface area contributed by atoms with Gasteiger partial charge in [-0.2, -0.15) is 0 Å². The molecule has 0 radical (unpaired) electrons. The van der Waals surface area contributed by atoms with Gasteiger partial charge < -0.3 is 10.1 Å². The van der Waals surface area contributed by atoms with E-state index in [4.69, 9.17) is 4.74 Å². The molecule has 0 aliphatic rings. The monoisotopic (exact) mass is 245 g/mol. The van der Waals surface area contributed by atoms with E-state index in [2.05, 4.69) is 34.3 Å². The molecule has 1 aromatic heterocycles. The molecule has 0 spiro atoms. The van der Waals surface area contributed by atoms with Crippen LogP contribution >= 0.6 is 0 Å². The van der Waals surface area contributed by atoms with E-state index in [1.54, 1.807) is 12.4 Å². The normalized spacial score (nSPS) is 12.8. The number of likely N-dealkylation sites (N-methyl/N-ethyl adjacent to an activating group) is 1. The van der Waals surface area contributed by atoms with Crippen LogP contribution in [-0.4, -0.2) is 29.7 Å². The maximum Gasteiger partial charge on any atom is 0.0890 e. The summed E-state index contributed by atoms with van der Waals surface area (Å²) in [5.41, 5.74) is 3.04. The second-order valence-electron chi connectivity index (χ2n) is 4.07. The first-order valence-electron chi connectivity index (χ1n) is 6.37. The van der Waals surface area contributed by atoms with Gasteiger partial charge in [0.2, 0.25) is 0 Å². The average molecular weight is 245 g/mol. The molecule has 96 valence electrons. The number of ether oxygens (including phenoxy) is 1. The number of aromatic nitrogens is 2. The van der Waals surface area contributed by atoms with Gasteiger partial charge >= 0.3 is 0 Å². The first-order chi connectivity index (χ1) is 8.85. The number of nitrogens with one attached hydrogen (secondary N) is 1. The van der Waals surface area contributed by atoms with E-state index in [0.29, 0.717) is 6.61 Å². The Balaban J connectivity index is 2.25. The van der Waals surface area contributed by atoms with E-state index in [0.717, 1.165) is 24.2 Å². The van der Waals surface area contributed by atoms with Crippen LogP contribution in [-0.2, 0) is 4.74 Å². The van der Waals surface area contributed by atoms with Crippen molar-refractivity contribution in [2.75, 3.05) is 19.8 Å². The van der Waals surface area contributed by atoms with E-state index >= 15 is 0 Å². The minimum Gasteiger partial charge on any atom is -0.380 e. The van der Waals surface area contributed by atoms with Crippen LogP contribution in [0.25, 0.3) is 11.0 Å². The molecule has 1 unspecified atom stereocenters. The summed E-state index contributed by atoms with van der Waals surface area (Å²) in [7, 11) is 0. The molecule has 4 nitrogen and oxygen atoms in total. The standard InChI is InChI=1S/C14H19N3O/c1-3-15-14(10-18-4-2)11-5-6-12-13(9-11)17-8-7-16-12/h5-9,14-15H,3-4,10H2,1-2H3. The van der Waals surface area contributed by atoms with Crippen molar-refractivity contribution in [1.29, 1.82) is 0 Å². The number of fused-ring (bicyclic) bond motifs is 1. The van der Waals surface area contributed by atoms with Crippen molar-refractivity contribution >= 4 is 11.0 Å². The molecular weight excluding hydrogens is 226 g/mol. The predicted octanol–water partition coefficient (Wildman–Crippen LogP) is 2.32. The van der Waals surface area contributed by atoms with E-state index in [1.165, 1.54) is 5.56 Å². The largest absolute Gasteiger partial charge is 0.380 e. The predicted molar refractivity (Wildman–Crippen MR) is 72.4 cm³/mol. The van der Waals surface area contributed by atoms with Crippen LogP contribution in [0.5, 0.6) is 0 Å². The van der Waals surface area contributed by atoms with Crippen LogP contribution in [0.2, 0.25) is 0 Å². The number of nitrogens with zero attached hydrogens (tertiary/aromatic N) is 2. The Kier molecular flexibility index (Phi) is 4.61. The Morgan fingerprint density at radius 1 is 1.17 bits per heavy atom. The van der Waals surface area contributed by atoms with Gasteiger partial charge in [0.15, 0.2) is 0 Å². The van der Waals surface area contributed by atoms with Crippen molar-refractivity contribution in [2.24, 2.45) is 0 Å². The highest BCUT2D eigenvalue weighted by atomic mass is 16.5. The third-order valence-corrected chi connectivity index (χ3v) is 2.83. The molecule has 0 bridgehead atoms. The van der Waals surface area contributed by atoms with Gasteiger partial charge in [0.25, 0.3) is 0 Å². The van der Waals surface area contributed by atoms with Crippen LogP contribution < -0.4 is 5.32 Å². The maximum absolute atomic E-state index is 5.52. The summed E-state index contributed by atoms with van der Waals surface area (Å²) < 4.78 is 5.52. The van der Waals surface area contributed by atoms with Crippen LogP contribution in [0.15, 0.2) is 30.6 Å². The van der Waals surface area contributed by atoms with Gasteiger partial charge in [0.05, 0.1) is 23.7 Å². The summed E-state index contributed by atoms with van der Waals surface area (Å²) in [5.74, 6) is 0. The summed E-state index contributed by atoms with van der Waals surface area (Å²) in [5, 5.41) is 3.43. The summed E-state index contributed by atoms with van der Waals surface area (Å²) in [6.07, 6.45) is 3.43. The molecule has 0 aliphatic carbocycles. The number of hydrogen-bond acceptors (Lipinski definition) is 4. The second-order valence-corrected chi connectivity index (χ2v) is 4.07. The lowest BCUT2D eigenvalue weighted by Gasteiger charge is -2.18. The summed E-state index contributed by atoms with van der Waals surface area (Å²) in [6.45, 7) is 6.43. The number of hydrogen-bond donors (Lipinski definition) is 1. The molecule has 0 fully saturated rings. The van der Waals surface area contributed by atoms with E-state index in [1.807, 2.05) is 13.0 Å². The van der Waals surface area contributed by atoms with E-state index in [9.17, 15) is 0 Å². The minimum absolute atomic E-state index is 0.210. The number of rotatable bonds is 6. The highest BCUT2D eigenvalue weighted by Gasteiger charge is 2.11. The SMILES string of the molecule is CCNC(COCC)c1ccc2nccnc2c1. The molecule has 0 saturated carbocycles. The highest BCUT2D eigenvalue weighted by molar-refractivity contribution is 5.74. The van der Waals surface area contributed by atoms with Gasteiger partial charge in [-0.3, -0.25) is 9.97 Å². The first kappa shape index (κ1) is 12.9. The van der Waals surface area contributed by atoms with Crippen LogP contribution in [0.1, 0.15) is 25.5 Å². The number of benzene rings is 1. The van der Waals surface area contributed by atoms with Gasteiger partial charge in [-0.05, 0) is 31.2 Å². The maximum atomic E-state index is 5.52. The van der Waals surface area contributed by atoms with Crippen LogP contribution in [0.4, 0.5) is 0 Å². The third-order valence-electron chi connectivity index (χ3n) is 2.83. The zero-order valence-corrected chi connectivity index (χ0v) is 10.9. The van der Waals surface area contributed by atoms with Crippen molar-refractivity contribution in [3.05, 3.63) is 36.2 Å². The van der Waals surface area contributed by atoms with Gasteiger partial charge in [-0.15, -0.1) is 0 Å². The summed E-state index contributed by atoms with van der Waals surface area (Å²) in [4.78, 5) is 8.61. The molecule has 2 aromatic rings. The molecular formula is C14H19N3O. The topological polar surface area (TPSA) is 47.0 Å². The van der Waals surface area contributed by atoms with E-state index < -0.39 is 0 Å². The Morgan fingerprint density at radius 3 is 2.67 bits per heavy atom.